The zero-order chi connectivity index (χ0) is 14.4. The molecule has 2 fully saturated rings. The number of fused-ring (bicyclic) bond motifs is 1. The summed E-state index contributed by atoms with van der Waals surface area (Å²) in [5.41, 5.74) is -1.67. The van der Waals surface area contributed by atoms with Gasteiger partial charge in [-0.15, -0.1) is 0 Å². The fraction of sp³-hybridized carbons (Fsp3) is 1.00. The van der Waals surface area contributed by atoms with Gasteiger partial charge in [-0.3, -0.25) is 0 Å². The van der Waals surface area contributed by atoms with Gasteiger partial charge in [0.25, 0.3) is 8.53 Å². The first-order valence-corrected chi connectivity index (χ1v) is 7.86. The van der Waals surface area contributed by atoms with Crippen LogP contribution in [0, 0.1) is 0 Å². The maximum Gasteiger partial charge on any atom is 0.259 e. The Hall–Kier alpha value is 0.265. The average molecular weight is 289 g/mol. The van der Waals surface area contributed by atoms with Crippen molar-refractivity contribution in [2.24, 2.45) is 0 Å². The molecule has 2 saturated heterocycles. The molecule has 19 heavy (non-hydrogen) atoms. The number of hydrogen-bond donors (Lipinski definition) is 0. The highest BCUT2D eigenvalue weighted by molar-refractivity contribution is 7.44. The zero-order valence-electron chi connectivity index (χ0n) is 12.2. The predicted octanol–water partition coefficient (Wildman–Crippen LogP) is 2.37. The predicted molar refractivity (Wildman–Crippen MR) is 73.8 cm³/mol. The van der Waals surface area contributed by atoms with E-state index in [0.717, 1.165) is 0 Å². The van der Waals surface area contributed by atoms with Crippen molar-refractivity contribution in [2.75, 3.05) is 6.61 Å². The minimum atomic E-state index is -1.67. The molecule has 2 rings (SSSR count). The Morgan fingerprint density at radius 3 is 2.42 bits per heavy atom. The first kappa shape index (κ1) is 15.6. The number of rotatable bonds is 3. The van der Waals surface area contributed by atoms with Crippen LogP contribution in [-0.2, 0) is 13.8 Å². The molecule has 0 aromatic heterocycles. The summed E-state index contributed by atoms with van der Waals surface area (Å²) in [6, 6.07) is -0.415. The maximum atomic E-state index is 14.5. The van der Waals surface area contributed by atoms with E-state index < -0.39 is 32.4 Å². The van der Waals surface area contributed by atoms with Crippen LogP contribution in [0.25, 0.3) is 0 Å². The minimum Gasteiger partial charge on any atom is -0.376 e. The van der Waals surface area contributed by atoms with Crippen LogP contribution in [0.5, 0.6) is 0 Å². The molecule has 0 bridgehead atoms. The fourth-order valence-corrected chi connectivity index (χ4v) is 4.44. The van der Waals surface area contributed by atoms with Crippen molar-refractivity contribution >= 4 is 16.4 Å². The summed E-state index contributed by atoms with van der Waals surface area (Å²) >= 11 is 0. The molecule has 0 amide bonds. The maximum absolute atomic E-state index is 14.5. The fourth-order valence-electron chi connectivity index (χ4n) is 2.58. The summed E-state index contributed by atoms with van der Waals surface area (Å²) < 4.78 is 33.7. The summed E-state index contributed by atoms with van der Waals surface area (Å²) in [5.74, 6) is 0. The van der Waals surface area contributed by atoms with Gasteiger partial charge >= 0.3 is 0 Å². The van der Waals surface area contributed by atoms with Crippen molar-refractivity contribution in [3.63, 3.8) is 0 Å². The van der Waals surface area contributed by atoms with Gasteiger partial charge in [-0.05, 0) is 34.6 Å². The molecule has 108 valence electrons. The van der Waals surface area contributed by atoms with Crippen LogP contribution in [0.3, 0.4) is 0 Å². The molecule has 5 atom stereocenters. The Morgan fingerprint density at radius 1 is 1.32 bits per heavy atom. The topological polar surface area (TPSA) is 30.9 Å². The van der Waals surface area contributed by atoms with Gasteiger partial charge in [0.2, 0.25) is 0 Å². The molecule has 0 aromatic carbocycles. The Balaban J connectivity index is 2.12. The molecule has 0 aromatic rings. The second-order valence-electron chi connectivity index (χ2n) is 5.87. The quantitative estimate of drug-likeness (QED) is 0.589. The largest absolute Gasteiger partial charge is 0.376 e. The van der Waals surface area contributed by atoms with Crippen molar-refractivity contribution in [1.82, 2.24) is 4.67 Å². The van der Waals surface area contributed by atoms with E-state index >= 15 is 0 Å². The smallest absolute Gasteiger partial charge is 0.259 e. The second kappa shape index (κ2) is 5.57. The number of nitrogens with zero attached hydrogens (tertiary/aromatic N) is 1. The van der Waals surface area contributed by atoms with Gasteiger partial charge in [0.15, 0.2) is 5.67 Å². The summed E-state index contributed by atoms with van der Waals surface area (Å²) in [5, 5.41) is 0. The second-order valence-corrected chi connectivity index (χ2v) is 7.28. The molecule has 0 spiro atoms. The first-order valence-electron chi connectivity index (χ1n) is 6.73. The Labute approximate surface area is 117 Å². The van der Waals surface area contributed by atoms with Crippen LogP contribution in [0.4, 0.5) is 4.39 Å². The van der Waals surface area contributed by atoms with Gasteiger partial charge in [-0.2, -0.15) is 0 Å². The van der Waals surface area contributed by atoms with E-state index in [4.69, 9.17) is 21.6 Å². The summed E-state index contributed by atoms with van der Waals surface area (Å²) in [4.78, 5) is 0. The zero-order valence-corrected chi connectivity index (χ0v) is 13.1. The van der Waals surface area contributed by atoms with Crippen molar-refractivity contribution in [3.05, 3.63) is 0 Å². The Morgan fingerprint density at radius 2 is 1.89 bits per heavy atom. The summed E-state index contributed by atoms with van der Waals surface area (Å²) in [6.45, 7) is 10.1. The Bertz CT molecular complexity index is 324. The molecule has 0 N–H and O–H groups in total. The SMILES string of the molecule is [B][C@@H]1O[C@@H]2COP(N(C(C)C)C(C)C)O[C@H]2[C@@]1(C)F. The van der Waals surface area contributed by atoms with Crippen molar-refractivity contribution in [2.45, 2.75) is 70.6 Å². The lowest BCUT2D eigenvalue weighted by Crippen LogP contribution is -2.47. The van der Waals surface area contributed by atoms with Crippen LogP contribution in [-0.4, -0.2) is 55.1 Å². The summed E-state index contributed by atoms with van der Waals surface area (Å²) in [6.07, 6.45) is -1.06. The monoisotopic (exact) mass is 289 g/mol. The minimum absolute atomic E-state index is 0.268. The van der Waals surface area contributed by atoms with Gasteiger partial charge in [0, 0.05) is 12.1 Å². The Kier molecular flexibility index (Phi) is 4.59. The van der Waals surface area contributed by atoms with Crippen LogP contribution in [0.2, 0.25) is 0 Å². The molecule has 1 unspecified atom stereocenters. The number of alkyl halides is 1. The number of ether oxygens (including phenoxy) is 1. The van der Waals surface area contributed by atoms with Crippen molar-refractivity contribution in [1.29, 1.82) is 0 Å². The van der Waals surface area contributed by atoms with Crippen molar-refractivity contribution in [3.8, 4) is 0 Å². The number of halogens is 1. The molecule has 0 aliphatic carbocycles. The van der Waals surface area contributed by atoms with E-state index in [2.05, 4.69) is 32.4 Å². The van der Waals surface area contributed by atoms with Gasteiger partial charge in [-0.25, -0.2) is 9.06 Å². The molecule has 2 heterocycles. The molecule has 2 radical (unpaired) electrons. The third-order valence-electron chi connectivity index (χ3n) is 3.57. The van der Waals surface area contributed by atoms with E-state index in [1.165, 1.54) is 6.92 Å². The summed E-state index contributed by atoms with van der Waals surface area (Å²) in [7, 11) is 4.41. The van der Waals surface area contributed by atoms with Gasteiger partial charge in [-0.1, -0.05) is 0 Å². The van der Waals surface area contributed by atoms with Crippen molar-refractivity contribution < 1.29 is 18.2 Å². The highest BCUT2D eigenvalue weighted by Gasteiger charge is 2.56. The highest BCUT2D eigenvalue weighted by Crippen LogP contribution is 2.54. The van der Waals surface area contributed by atoms with Crippen LogP contribution in [0.1, 0.15) is 34.6 Å². The molecule has 2 aliphatic heterocycles. The van der Waals surface area contributed by atoms with E-state index in [1.807, 2.05) is 0 Å². The van der Waals surface area contributed by atoms with E-state index in [1.54, 1.807) is 0 Å². The van der Waals surface area contributed by atoms with E-state index in [0.29, 0.717) is 6.61 Å². The van der Waals surface area contributed by atoms with Crippen LogP contribution in [0.15, 0.2) is 0 Å². The normalized spacial score (nSPS) is 43.2. The molecule has 7 heteroatoms. The van der Waals surface area contributed by atoms with E-state index in [9.17, 15) is 4.39 Å². The third kappa shape index (κ3) is 2.84. The molecule has 0 saturated carbocycles. The average Bonchev–Trinajstić information content (AvgIpc) is 2.50. The molecular weight excluding hydrogens is 267 g/mol. The van der Waals surface area contributed by atoms with Gasteiger partial charge in [0.1, 0.15) is 20.1 Å². The lowest BCUT2D eigenvalue weighted by molar-refractivity contribution is -0.0364. The highest BCUT2D eigenvalue weighted by atomic mass is 31.2. The lowest BCUT2D eigenvalue weighted by atomic mass is 9.83. The molecule has 4 nitrogen and oxygen atoms in total. The van der Waals surface area contributed by atoms with Crippen LogP contribution < -0.4 is 0 Å². The number of hydrogen-bond acceptors (Lipinski definition) is 4. The van der Waals surface area contributed by atoms with Gasteiger partial charge in [0.05, 0.1) is 12.6 Å². The molecular formula is C12H22BFNO3P. The first-order chi connectivity index (χ1) is 8.75. The van der Waals surface area contributed by atoms with Crippen LogP contribution >= 0.6 is 8.53 Å². The molecule has 2 aliphatic rings. The van der Waals surface area contributed by atoms with Gasteiger partial charge < -0.3 is 13.8 Å². The van der Waals surface area contributed by atoms with E-state index in [-0.39, 0.29) is 12.1 Å². The standard InChI is InChI=1S/C12H22BFNO3P/c1-7(2)15(8(3)4)19-16-6-9-10(18-19)12(5,14)11(13)17-9/h7-11H,6H2,1-5H3/t9-,10-,11-,12-,19?/m1/s1. The third-order valence-corrected chi connectivity index (χ3v) is 5.65. The lowest BCUT2D eigenvalue weighted by Gasteiger charge is -2.42.